The summed E-state index contributed by atoms with van der Waals surface area (Å²) in [6, 6.07) is 0. The number of alkyl halides is 2. The molecule has 0 aromatic heterocycles. The van der Waals surface area contributed by atoms with E-state index in [-0.39, 0.29) is 18.3 Å². The van der Waals surface area contributed by atoms with Gasteiger partial charge in [0.1, 0.15) is 6.17 Å². The quantitative estimate of drug-likeness (QED) is 0.622. The van der Waals surface area contributed by atoms with E-state index in [1.807, 2.05) is 0 Å². The van der Waals surface area contributed by atoms with E-state index >= 15 is 0 Å². The molecule has 0 saturated carbocycles. The van der Waals surface area contributed by atoms with Crippen molar-refractivity contribution >= 4 is 24.0 Å². The second-order valence-corrected chi connectivity index (χ2v) is 1.64. The van der Waals surface area contributed by atoms with E-state index in [0.29, 0.717) is 13.0 Å². The maximum atomic E-state index is 11.9. The summed E-state index contributed by atoms with van der Waals surface area (Å²) in [6.45, 7) is 0.383. The Morgan fingerprint density at radius 3 is 2.25 bits per heavy atom. The molecule has 0 bridgehead atoms. The molecular formula is C4H10Cl2FN. The first-order valence-electron chi connectivity index (χ1n) is 2.21. The highest BCUT2D eigenvalue weighted by Crippen LogP contribution is 1.96. The molecule has 1 atom stereocenters. The van der Waals surface area contributed by atoms with Crippen LogP contribution in [0.2, 0.25) is 0 Å². The van der Waals surface area contributed by atoms with E-state index in [2.05, 4.69) is 0 Å². The SMILES string of the molecule is Cl.NCCC(F)CCl. The van der Waals surface area contributed by atoms with Crippen LogP contribution < -0.4 is 5.73 Å². The maximum Gasteiger partial charge on any atom is 0.115 e. The van der Waals surface area contributed by atoms with Gasteiger partial charge in [0.05, 0.1) is 5.88 Å². The fourth-order valence-corrected chi connectivity index (χ4v) is 0.412. The van der Waals surface area contributed by atoms with Gasteiger partial charge in [-0.2, -0.15) is 0 Å². The zero-order valence-corrected chi connectivity index (χ0v) is 6.01. The summed E-state index contributed by atoms with van der Waals surface area (Å²) in [4.78, 5) is 0. The van der Waals surface area contributed by atoms with Crippen LogP contribution in [0.25, 0.3) is 0 Å². The molecule has 0 saturated heterocycles. The Morgan fingerprint density at radius 1 is 1.62 bits per heavy atom. The summed E-state index contributed by atoms with van der Waals surface area (Å²) in [6.07, 6.45) is -0.532. The standard InChI is InChI=1S/C4H9ClFN.ClH/c5-3-4(6)1-2-7;/h4H,1-3,7H2;1H. The fraction of sp³-hybridized carbons (Fsp3) is 1.00. The van der Waals surface area contributed by atoms with Crippen molar-refractivity contribution in [3.8, 4) is 0 Å². The average molecular weight is 162 g/mol. The van der Waals surface area contributed by atoms with Crippen LogP contribution in [-0.4, -0.2) is 18.6 Å². The predicted molar refractivity (Wildman–Crippen MR) is 36.5 cm³/mol. The molecule has 52 valence electrons. The lowest BCUT2D eigenvalue weighted by Gasteiger charge is -1.96. The zero-order chi connectivity index (χ0) is 5.70. The first-order chi connectivity index (χ1) is 3.31. The number of hydrogen-bond acceptors (Lipinski definition) is 1. The highest BCUT2D eigenvalue weighted by Gasteiger charge is 1.99. The third-order valence-corrected chi connectivity index (χ3v) is 0.982. The monoisotopic (exact) mass is 161 g/mol. The number of halogens is 3. The van der Waals surface area contributed by atoms with Gasteiger partial charge in [0.25, 0.3) is 0 Å². The van der Waals surface area contributed by atoms with Gasteiger partial charge in [-0.25, -0.2) is 4.39 Å². The van der Waals surface area contributed by atoms with Gasteiger partial charge in [0.15, 0.2) is 0 Å². The van der Waals surface area contributed by atoms with Crippen LogP contribution in [0.4, 0.5) is 4.39 Å². The third kappa shape index (κ3) is 6.47. The van der Waals surface area contributed by atoms with Crippen LogP contribution in [0.5, 0.6) is 0 Å². The van der Waals surface area contributed by atoms with Gasteiger partial charge < -0.3 is 5.73 Å². The lowest BCUT2D eigenvalue weighted by Crippen LogP contribution is -2.09. The maximum absolute atomic E-state index is 11.9. The largest absolute Gasteiger partial charge is 0.330 e. The van der Waals surface area contributed by atoms with E-state index in [9.17, 15) is 4.39 Å². The number of hydrogen-bond donors (Lipinski definition) is 1. The van der Waals surface area contributed by atoms with Crippen LogP contribution in [0.15, 0.2) is 0 Å². The molecule has 0 fully saturated rings. The van der Waals surface area contributed by atoms with Crippen molar-refractivity contribution in [1.82, 2.24) is 0 Å². The molecule has 0 radical (unpaired) electrons. The van der Waals surface area contributed by atoms with Crippen molar-refractivity contribution in [3.63, 3.8) is 0 Å². The van der Waals surface area contributed by atoms with E-state index in [4.69, 9.17) is 17.3 Å². The van der Waals surface area contributed by atoms with Gasteiger partial charge in [-0.15, -0.1) is 24.0 Å². The molecule has 4 heteroatoms. The molecule has 0 aliphatic carbocycles. The number of nitrogens with two attached hydrogens (primary N) is 1. The normalized spacial score (nSPS) is 12.4. The second kappa shape index (κ2) is 7.47. The predicted octanol–water partition coefficient (Wildman–Crippen LogP) is 1.33. The molecule has 0 aliphatic heterocycles. The summed E-state index contributed by atoms with van der Waals surface area (Å²) in [7, 11) is 0. The molecular weight excluding hydrogens is 152 g/mol. The highest BCUT2D eigenvalue weighted by molar-refractivity contribution is 6.18. The smallest absolute Gasteiger partial charge is 0.115 e. The molecule has 0 heterocycles. The molecule has 1 unspecified atom stereocenters. The van der Waals surface area contributed by atoms with Gasteiger partial charge in [0, 0.05) is 0 Å². The summed E-state index contributed by atoms with van der Waals surface area (Å²) in [5.41, 5.74) is 5.01. The summed E-state index contributed by atoms with van der Waals surface area (Å²) >= 11 is 5.10. The van der Waals surface area contributed by atoms with Gasteiger partial charge in [-0.1, -0.05) is 0 Å². The van der Waals surface area contributed by atoms with E-state index < -0.39 is 6.17 Å². The van der Waals surface area contributed by atoms with Crippen molar-refractivity contribution in [2.45, 2.75) is 12.6 Å². The highest BCUT2D eigenvalue weighted by atomic mass is 35.5. The van der Waals surface area contributed by atoms with Crippen molar-refractivity contribution in [2.75, 3.05) is 12.4 Å². The van der Waals surface area contributed by atoms with Crippen LogP contribution >= 0.6 is 24.0 Å². The van der Waals surface area contributed by atoms with Crippen LogP contribution in [0.3, 0.4) is 0 Å². The van der Waals surface area contributed by atoms with E-state index in [1.54, 1.807) is 0 Å². The molecule has 0 spiro atoms. The minimum absolute atomic E-state index is 0. The van der Waals surface area contributed by atoms with Crippen LogP contribution in [0, 0.1) is 0 Å². The molecule has 0 amide bonds. The topological polar surface area (TPSA) is 26.0 Å². The van der Waals surface area contributed by atoms with Crippen molar-refractivity contribution in [2.24, 2.45) is 5.73 Å². The summed E-state index contributed by atoms with van der Waals surface area (Å²) in [5, 5.41) is 0. The van der Waals surface area contributed by atoms with Crippen LogP contribution in [0.1, 0.15) is 6.42 Å². The first-order valence-corrected chi connectivity index (χ1v) is 2.74. The summed E-state index contributed by atoms with van der Waals surface area (Å²) < 4.78 is 11.9. The van der Waals surface area contributed by atoms with Crippen LogP contribution in [-0.2, 0) is 0 Å². The second-order valence-electron chi connectivity index (χ2n) is 1.33. The molecule has 0 aromatic carbocycles. The van der Waals surface area contributed by atoms with Gasteiger partial charge >= 0.3 is 0 Å². The Labute approximate surface area is 59.8 Å². The minimum atomic E-state index is -0.910. The van der Waals surface area contributed by atoms with Gasteiger partial charge in [-0.05, 0) is 13.0 Å². The van der Waals surface area contributed by atoms with Crippen molar-refractivity contribution in [1.29, 1.82) is 0 Å². The first kappa shape index (κ1) is 11.3. The zero-order valence-electron chi connectivity index (χ0n) is 4.44. The molecule has 0 rings (SSSR count). The third-order valence-electron chi connectivity index (χ3n) is 0.647. The van der Waals surface area contributed by atoms with Crippen molar-refractivity contribution in [3.05, 3.63) is 0 Å². The molecule has 0 aliphatic rings. The summed E-state index contributed by atoms with van der Waals surface area (Å²) in [5.74, 6) is 0.0667. The van der Waals surface area contributed by atoms with Gasteiger partial charge in [0.2, 0.25) is 0 Å². The van der Waals surface area contributed by atoms with Gasteiger partial charge in [-0.3, -0.25) is 0 Å². The molecule has 2 N–H and O–H groups in total. The van der Waals surface area contributed by atoms with E-state index in [0.717, 1.165) is 0 Å². The Balaban J connectivity index is 0. The molecule has 8 heavy (non-hydrogen) atoms. The average Bonchev–Trinajstić information content (AvgIpc) is 1.68. The fourth-order valence-electron chi connectivity index (χ4n) is 0.258. The Bertz CT molecular complexity index is 45.0. The Hall–Kier alpha value is 0.470. The lowest BCUT2D eigenvalue weighted by atomic mass is 10.3. The Kier molecular flexibility index (Phi) is 10.5. The van der Waals surface area contributed by atoms with Crippen molar-refractivity contribution < 1.29 is 4.39 Å². The minimum Gasteiger partial charge on any atom is -0.330 e. The van der Waals surface area contributed by atoms with E-state index in [1.165, 1.54) is 0 Å². The Morgan fingerprint density at radius 2 is 2.12 bits per heavy atom. The molecule has 0 aromatic rings. The lowest BCUT2D eigenvalue weighted by molar-refractivity contribution is 0.349. The molecule has 1 nitrogen and oxygen atoms in total. The number of rotatable bonds is 3.